The minimum Gasteiger partial charge on any atom is -0.530 e. The third-order valence-corrected chi connectivity index (χ3v) is 6.13. The zero-order valence-corrected chi connectivity index (χ0v) is 22.3. The van der Waals surface area contributed by atoms with Gasteiger partial charge in [0, 0.05) is 39.3 Å². The van der Waals surface area contributed by atoms with Gasteiger partial charge >= 0.3 is 29.3 Å². The molecule has 15 nitrogen and oxygen atoms in total. The van der Waals surface area contributed by atoms with Crippen molar-refractivity contribution in [2.75, 3.05) is 19.6 Å². The predicted octanol–water partition coefficient (Wildman–Crippen LogP) is 0.321. The quantitative estimate of drug-likeness (QED) is 0.131. The highest BCUT2D eigenvalue weighted by Crippen LogP contribution is 2.03. The van der Waals surface area contributed by atoms with Crippen LogP contribution in [0.4, 0.5) is 14.4 Å². The summed E-state index contributed by atoms with van der Waals surface area (Å²) in [7, 11) is 0. The summed E-state index contributed by atoms with van der Waals surface area (Å²) in [6.07, 6.45) is 4.02. The van der Waals surface area contributed by atoms with Gasteiger partial charge in [-0.05, 0) is 38.5 Å². The number of hydrogen-bond acceptors (Lipinski definition) is 7. The van der Waals surface area contributed by atoms with Gasteiger partial charge in [-0.1, -0.05) is 38.5 Å². The summed E-state index contributed by atoms with van der Waals surface area (Å²) in [6.45, 7) is 1.32. The lowest BCUT2D eigenvalue weighted by molar-refractivity contribution is -0.250. The molecule has 0 aliphatic heterocycles. The second-order valence-corrected chi connectivity index (χ2v) is 9.22. The molecule has 1 heterocycles. The summed E-state index contributed by atoms with van der Waals surface area (Å²) in [5, 5.41) is 34.3. The number of nitrogens with zero attached hydrogens (tertiary/aromatic N) is 3. The number of unbranched alkanes of at least 4 members (excludes halogenated alkanes) is 9. The van der Waals surface area contributed by atoms with Crippen molar-refractivity contribution in [3.63, 3.8) is 0 Å². The molecule has 0 saturated heterocycles. The first-order chi connectivity index (χ1) is 18.6. The Labute approximate surface area is 225 Å². The Kier molecular flexibility index (Phi) is 16.5. The smallest absolute Gasteiger partial charge is 0.404 e. The van der Waals surface area contributed by atoms with E-state index < -0.39 is 35.3 Å². The second kappa shape index (κ2) is 19.3. The summed E-state index contributed by atoms with van der Waals surface area (Å²) in [4.78, 5) is 70.6. The van der Waals surface area contributed by atoms with E-state index in [-0.39, 0.29) is 26.2 Å². The fourth-order valence-electron chi connectivity index (χ4n) is 4.08. The zero-order valence-electron chi connectivity index (χ0n) is 22.3. The van der Waals surface area contributed by atoms with Crippen LogP contribution in [-0.4, -0.2) is 61.8 Å². The van der Waals surface area contributed by atoms with E-state index in [1.165, 1.54) is 0 Å². The van der Waals surface area contributed by atoms with Crippen molar-refractivity contribution in [3.8, 4) is 0 Å². The van der Waals surface area contributed by atoms with Gasteiger partial charge in [-0.25, -0.2) is 37.7 Å². The highest BCUT2D eigenvalue weighted by atomic mass is 16.4. The van der Waals surface area contributed by atoms with Crippen LogP contribution in [0.5, 0.6) is 0 Å². The molecule has 15 heteroatoms. The summed E-state index contributed by atoms with van der Waals surface area (Å²) in [6, 6.07) is 0. The van der Waals surface area contributed by atoms with Crippen LogP contribution < -0.4 is 38.1 Å². The van der Waals surface area contributed by atoms with Crippen molar-refractivity contribution < 1.29 is 29.7 Å². The van der Waals surface area contributed by atoms with Gasteiger partial charge in [0.15, 0.2) is 0 Å². The van der Waals surface area contributed by atoms with Crippen molar-refractivity contribution in [3.05, 3.63) is 31.5 Å². The lowest BCUT2D eigenvalue weighted by atomic mass is 10.2. The molecule has 5 N–H and O–H groups in total. The van der Waals surface area contributed by atoms with Gasteiger partial charge in [-0.3, -0.25) is 0 Å². The summed E-state index contributed by atoms with van der Waals surface area (Å²) in [5.74, 6) is 0. The first-order valence-corrected chi connectivity index (χ1v) is 13.5. The van der Waals surface area contributed by atoms with Crippen molar-refractivity contribution in [2.24, 2.45) is 0 Å². The average molecular weight is 558 g/mol. The van der Waals surface area contributed by atoms with Gasteiger partial charge in [0.1, 0.15) is 6.09 Å². The SMILES string of the molecule is O=C([O-])NCCCCCCn1c(=O)n(CCCCCCNC(=O)O)c(=O)n(CCCCCCNC(=O)O)c1=O. The maximum absolute atomic E-state index is 13.1. The van der Waals surface area contributed by atoms with Crippen LogP contribution in [-0.2, 0) is 19.6 Å². The number of nitrogens with one attached hydrogen (secondary N) is 3. The number of carbonyl (C=O) groups excluding carboxylic acids is 1. The van der Waals surface area contributed by atoms with E-state index in [0.29, 0.717) is 90.1 Å². The number of amides is 3. The van der Waals surface area contributed by atoms with E-state index >= 15 is 0 Å². The molecule has 3 amide bonds. The van der Waals surface area contributed by atoms with Crippen LogP contribution in [0.3, 0.4) is 0 Å². The fraction of sp³-hybridized carbons (Fsp3) is 0.750. The van der Waals surface area contributed by atoms with Crippen LogP contribution in [0.25, 0.3) is 0 Å². The standard InChI is InChI=1S/C24H42N6O9/c31-19(32)25-13-7-1-4-10-16-28-22(37)29(17-11-5-2-8-14-26-20(33)34)24(39)30(23(28)38)18-12-6-3-9-15-27-21(35)36/h25-27H,1-18H2,(H,31,32)(H,33,34)(H,35,36)/p-1. The first kappa shape index (κ1) is 33.2. The minimum atomic E-state index is -1.33. The molecule has 0 spiro atoms. The van der Waals surface area contributed by atoms with E-state index in [9.17, 15) is 33.9 Å². The largest absolute Gasteiger partial charge is 0.530 e. The summed E-state index contributed by atoms with van der Waals surface area (Å²) >= 11 is 0. The lowest BCUT2D eigenvalue weighted by Crippen LogP contribution is -2.54. The van der Waals surface area contributed by atoms with Crippen LogP contribution in [0.15, 0.2) is 14.4 Å². The van der Waals surface area contributed by atoms with Crippen molar-refractivity contribution >= 4 is 18.3 Å². The van der Waals surface area contributed by atoms with E-state index in [0.717, 1.165) is 13.7 Å². The summed E-state index contributed by atoms with van der Waals surface area (Å²) < 4.78 is 3.24. The molecule has 0 unspecified atom stereocenters. The maximum Gasteiger partial charge on any atom is 0.404 e. The normalized spacial score (nSPS) is 10.8. The Morgan fingerprint density at radius 2 is 0.795 bits per heavy atom. The molecule has 0 aliphatic carbocycles. The lowest BCUT2D eigenvalue weighted by Gasteiger charge is -2.14. The van der Waals surface area contributed by atoms with Crippen LogP contribution in [0.2, 0.25) is 0 Å². The van der Waals surface area contributed by atoms with E-state index in [1.54, 1.807) is 0 Å². The van der Waals surface area contributed by atoms with Gasteiger partial charge in [0.25, 0.3) is 0 Å². The summed E-state index contributed by atoms with van der Waals surface area (Å²) in [5.41, 5.74) is -1.98. The third-order valence-electron chi connectivity index (χ3n) is 6.13. The molecule has 222 valence electrons. The highest BCUT2D eigenvalue weighted by molar-refractivity contribution is 5.64. The Bertz CT molecular complexity index is 916. The second-order valence-electron chi connectivity index (χ2n) is 9.22. The predicted molar refractivity (Wildman–Crippen MR) is 140 cm³/mol. The van der Waals surface area contributed by atoms with E-state index in [2.05, 4.69) is 16.0 Å². The molecular formula is C24H41N6O9-. The van der Waals surface area contributed by atoms with Crippen molar-refractivity contribution in [1.29, 1.82) is 0 Å². The maximum atomic E-state index is 13.1. The van der Waals surface area contributed by atoms with E-state index in [1.807, 2.05) is 0 Å². The molecule has 1 aromatic heterocycles. The van der Waals surface area contributed by atoms with Gasteiger partial charge in [0.05, 0.1) is 0 Å². The molecule has 0 saturated carbocycles. The Balaban J connectivity index is 2.81. The highest BCUT2D eigenvalue weighted by Gasteiger charge is 2.15. The molecule has 0 atom stereocenters. The number of aromatic nitrogens is 3. The molecule has 0 aliphatic rings. The molecule has 0 bridgehead atoms. The number of carboxylic acid groups (broad SMARTS) is 3. The number of carbonyl (C=O) groups is 3. The Hall–Kier alpha value is -3.78. The molecule has 0 aromatic carbocycles. The average Bonchev–Trinajstić information content (AvgIpc) is 2.86. The minimum absolute atomic E-state index is 0.133. The molecule has 0 radical (unpaired) electrons. The van der Waals surface area contributed by atoms with Crippen LogP contribution >= 0.6 is 0 Å². The van der Waals surface area contributed by atoms with Gasteiger partial charge in [-0.15, -0.1) is 0 Å². The van der Waals surface area contributed by atoms with Gasteiger partial charge in [0.2, 0.25) is 0 Å². The molecule has 0 fully saturated rings. The monoisotopic (exact) mass is 557 g/mol. The van der Waals surface area contributed by atoms with Crippen LogP contribution in [0, 0.1) is 0 Å². The van der Waals surface area contributed by atoms with Gasteiger partial charge in [-0.2, -0.15) is 0 Å². The fourth-order valence-corrected chi connectivity index (χ4v) is 4.08. The molecule has 39 heavy (non-hydrogen) atoms. The Morgan fingerprint density at radius 3 is 1.08 bits per heavy atom. The van der Waals surface area contributed by atoms with Crippen molar-refractivity contribution in [1.82, 2.24) is 29.7 Å². The van der Waals surface area contributed by atoms with E-state index in [4.69, 9.17) is 10.2 Å². The molecule has 1 aromatic rings. The Morgan fingerprint density at radius 1 is 0.513 bits per heavy atom. The zero-order chi connectivity index (χ0) is 29.0. The third kappa shape index (κ3) is 14.1. The number of rotatable bonds is 21. The molecular weight excluding hydrogens is 516 g/mol. The van der Waals surface area contributed by atoms with Crippen molar-refractivity contribution in [2.45, 2.75) is 96.7 Å². The topological polar surface area (TPSA) is 217 Å². The van der Waals surface area contributed by atoms with Gasteiger partial charge < -0.3 is 36.1 Å². The first-order valence-electron chi connectivity index (χ1n) is 13.5. The number of hydrogen-bond donors (Lipinski definition) is 5. The molecule has 1 rings (SSSR count). The van der Waals surface area contributed by atoms with Crippen LogP contribution in [0.1, 0.15) is 77.0 Å².